The molecule has 0 radical (unpaired) electrons. The highest BCUT2D eigenvalue weighted by molar-refractivity contribution is 7.22. The van der Waals surface area contributed by atoms with Crippen LogP contribution in [-0.4, -0.2) is 17.0 Å². The largest absolute Gasteiger partial charge is 0.365 e. The average molecular weight is 202 g/mol. The first-order valence-corrected chi connectivity index (χ1v) is 4.10. The first kappa shape index (κ1) is 9.22. The van der Waals surface area contributed by atoms with Crippen LogP contribution in [0.1, 0.15) is 0 Å². The number of nitrogens with zero attached hydrogens (tertiary/aromatic N) is 2. The van der Waals surface area contributed by atoms with E-state index < -0.39 is 0 Å². The Balaban J connectivity index is 0.000000720. The fourth-order valence-corrected chi connectivity index (χ4v) is 1.67. The predicted octanol–water partition coefficient (Wildman–Crippen LogP) is 2.15. The lowest BCUT2D eigenvalue weighted by Gasteiger charge is -1.84. The average Bonchev–Trinajstić information content (AvgIpc) is 2.46. The second-order valence-electron chi connectivity index (χ2n) is 2.11. The van der Waals surface area contributed by atoms with E-state index >= 15 is 0 Å². The van der Waals surface area contributed by atoms with Gasteiger partial charge in [0.1, 0.15) is 5.52 Å². The molecule has 0 fully saturated rings. The van der Waals surface area contributed by atoms with Crippen molar-refractivity contribution in [2.45, 2.75) is 0 Å². The summed E-state index contributed by atoms with van der Waals surface area (Å²) in [6, 6.07) is 1.97. The molecule has 0 aliphatic heterocycles. The standard InChI is InChI=1S/C7H7N3S.ClH/c1-8-7-10-5-4-9-3-2-6(5)11-7;/h2-4H,1H3,(H,8,10);1H. The van der Waals surface area contributed by atoms with Crippen LogP contribution in [0.15, 0.2) is 18.5 Å². The van der Waals surface area contributed by atoms with Gasteiger partial charge in [0.25, 0.3) is 0 Å². The second-order valence-corrected chi connectivity index (χ2v) is 3.14. The quantitative estimate of drug-likeness (QED) is 0.769. The molecular weight excluding hydrogens is 194 g/mol. The Morgan fingerprint density at radius 3 is 3.00 bits per heavy atom. The van der Waals surface area contributed by atoms with Crippen molar-refractivity contribution < 1.29 is 0 Å². The third-order valence-corrected chi connectivity index (χ3v) is 2.46. The van der Waals surface area contributed by atoms with Gasteiger partial charge < -0.3 is 5.32 Å². The second kappa shape index (κ2) is 3.69. The van der Waals surface area contributed by atoms with E-state index in [9.17, 15) is 0 Å². The SMILES string of the molecule is CNc1nc2cnccc2s1.Cl. The van der Waals surface area contributed by atoms with Crippen molar-refractivity contribution in [1.29, 1.82) is 0 Å². The van der Waals surface area contributed by atoms with Crippen LogP contribution in [0.2, 0.25) is 0 Å². The van der Waals surface area contributed by atoms with Gasteiger partial charge in [-0.05, 0) is 6.07 Å². The molecule has 5 heteroatoms. The van der Waals surface area contributed by atoms with Gasteiger partial charge in [-0.1, -0.05) is 11.3 Å². The number of thiazole rings is 1. The zero-order valence-electron chi connectivity index (χ0n) is 6.44. The van der Waals surface area contributed by atoms with Gasteiger partial charge in [0, 0.05) is 13.2 Å². The van der Waals surface area contributed by atoms with E-state index in [-0.39, 0.29) is 12.4 Å². The van der Waals surface area contributed by atoms with Gasteiger partial charge in [0.2, 0.25) is 0 Å². The van der Waals surface area contributed by atoms with Gasteiger partial charge in [0.05, 0.1) is 10.9 Å². The maximum absolute atomic E-state index is 4.28. The van der Waals surface area contributed by atoms with Crippen molar-refractivity contribution in [3.8, 4) is 0 Å². The van der Waals surface area contributed by atoms with Gasteiger partial charge >= 0.3 is 0 Å². The van der Waals surface area contributed by atoms with Crippen LogP contribution in [0.3, 0.4) is 0 Å². The Morgan fingerprint density at radius 2 is 2.33 bits per heavy atom. The maximum atomic E-state index is 4.28. The molecule has 0 aliphatic rings. The molecule has 0 unspecified atom stereocenters. The highest BCUT2D eigenvalue weighted by Crippen LogP contribution is 2.23. The maximum Gasteiger partial charge on any atom is 0.183 e. The number of rotatable bonds is 1. The van der Waals surface area contributed by atoms with Crippen molar-refractivity contribution in [2.24, 2.45) is 0 Å². The van der Waals surface area contributed by atoms with Crippen molar-refractivity contribution in [3.05, 3.63) is 18.5 Å². The summed E-state index contributed by atoms with van der Waals surface area (Å²) in [5.41, 5.74) is 0.960. The van der Waals surface area contributed by atoms with E-state index in [0.29, 0.717) is 0 Å². The summed E-state index contributed by atoms with van der Waals surface area (Å²) in [4.78, 5) is 8.25. The van der Waals surface area contributed by atoms with Crippen LogP contribution in [0, 0.1) is 0 Å². The molecule has 0 aromatic carbocycles. The number of anilines is 1. The fourth-order valence-electron chi connectivity index (χ4n) is 0.887. The van der Waals surface area contributed by atoms with E-state index in [1.54, 1.807) is 23.7 Å². The van der Waals surface area contributed by atoms with Crippen LogP contribution in [-0.2, 0) is 0 Å². The predicted molar refractivity (Wildman–Crippen MR) is 54.2 cm³/mol. The molecule has 0 aliphatic carbocycles. The third-order valence-electron chi connectivity index (χ3n) is 1.40. The Labute approximate surface area is 80.3 Å². The van der Waals surface area contributed by atoms with Crippen molar-refractivity contribution in [3.63, 3.8) is 0 Å². The first-order chi connectivity index (χ1) is 5.40. The third kappa shape index (κ3) is 1.49. The first-order valence-electron chi connectivity index (χ1n) is 3.28. The monoisotopic (exact) mass is 201 g/mol. The molecule has 0 saturated carbocycles. The minimum absolute atomic E-state index is 0. The summed E-state index contributed by atoms with van der Waals surface area (Å²) < 4.78 is 1.17. The Morgan fingerprint density at radius 1 is 1.50 bits per heavy atom. The summed E-state index contributed by atoms with van der Waals surface area (Å²) in [7, 11) is 1.87. The van der Waals surface area contributed by atoms with Gasteiger partial charge in [0.15, 0.2) is 5.13 Å². The number of hydrogen-bond acceptors (Lipinski definition) is 4. The normalized spacial score (nSPS) is 9.42. The number of halogens is 1. The Bertz CT molecular complexity index is 340. The van der Waals surface area contributed by atoms with Crippen LogP contribution in [0.25, 0.3) is 10.2 Å². The van der Waals surface area contributed by atoms with E-state index in [1.807, 2.05) is 13.1 Å². The van der Waals surface area contributed by atoms with Crippen molar-refractivity contribution in [1.82, 2.24) is 9.97 Å². The van der Waals surface area contributed by atoms with Gasteiger partial charge in [-0.3, -0.25) is 4.98 Å². The summed E-state index contributed by atoms with van der Waals surface area (Å²) in [5, 5.41) is 3.93. The molecule has 0 amide bonds. The van der Waals surface area contributed by atoms with Crippen molar-refractivity contribution >= 4 is 39.1 Å². The molecule has 0 spiro atoms. The number of nitrogens with one attached hydrogen (secondary N) is 1. The molecule has 2 heterocycles. The van der Waals surface area contributed by atoms with Gasteiger partial charge in [-0.15, -0.1) is 12.4 Å². The number of aromatic nitrogens is 2. The lowest BCUT2D eigenvalue weighted by molar-refractivity contribution is 1.33. The molecule has 12 heavy (non-hydrogen) atoms. The molecule has 0 saturated heterocycles. The summed E-state index contributed by atoms with van der Waals surface area (Å²) in [6.07, 6.45) is 3.55. The molecule has 1 N–H and O–H groups in total. The highest BCUT2D eigenvalue weighted by atomic mass is 35.5. The zero-order chi connectivity index (χ0) is 7.68. The van der Waals surface area contributed by atoms with E-state index in [2.05, 4.69) is 15.3 Å². The van der Waals surface area contributed by atoms with Gasteiger partial charge in [-0.2, -0.15) is 0 Å². The van der Waals surface area contributed by atoms with E-state index in [1.165, 1.54) is 4.70 Å². The van der Waals surface area contributed by atoms with Crippen molar-refractivity contribution in [2.75, 3.05) is 12.4 Å². The Hall–Kier alpha value is -0.870. The molecule has 0 atom stereocenters. The van der Waals surface area contributed by atoms with Gasteiger partial charge in [-0.25, -0.2) is 4.98 Å². The fraction of sp³-hybridized carbons (Fsp3) is 0.143. The molecule has 2 aromatic heterocycles. The minimum Gasteiger partial charge on any atom is -0.365 e. The minimum atomic E-state index is 0. The topological polar surface area (TPSA) is 37.8 Å². The van der Waals surface area contributed by atoms with Crippen LogP contribution in [0.4, 0.5) is 5.13 Å². The number of fused-ring (bicyclic) bond motifs is 1. The van der Waals surface area contributed by atoms with Crippen LogP contribution < -0.4 is 5.32 Å². The molecule has 0 bridgehead atoms. The molecule has 3 nitrogen and oxygen atoms in total. The number of hydrogen-bond donors (Lipinski definition) is 1. The van der Waals surface area contributed by atoms with E-state index in [4.69, 9.17) is 0 Å². The lowest BCUT2D eigenvalue weighted by Crippen LogP contribution is -1.83. The summed E-state index contributed by atoms with van der Waals surface area (Å²) in [5.74, 6) is 0. The summed E-state index contributed by atoms with van der Waals surface area (Å²) >= 11 is 1.64. The van der Waals surface area contributed by atoms with Crippen LogP contribution >= 0.6 is 23.7 Å². The molecular formula is C7H8ClN3S. The smallest absolute Gasteiger partial charge is 0.183 e. The zero-order valence-corrected chi connectivity index (χ0v) is 8.08. The Kier molecular flexibility index (Phi) is 2.83. The lowest BCUT2D eigenvalue weighted by atomic mass is 10.5. The van der Waals surface area contributed by atoms with Crippen LogP contribution in [0.5, 0.6) is 0 Å². The molecule has 2 rings (SSSR count). The molecule has 64 valence electrons. The van der Waals surface area contributed by atoms with E-state index in [0.717, 1.165) is 10.6 Å². The highest BCUT2D eigenvalue weighted by Gasteiger charge is 1.99. The number of pyridine rings is 1. The molecule has 2 aromatic rings. The summed E-state index contributed by atoms with van der Waals surface area (Å²) in [6.45, 7) is 0.